The van der Waals surface area contributed by atoms with Crippen molar-refractivity contribution >= 4 is 5.97 Å². The van der Waals surface area contributed by atoms with Crippen LogP contribution in [-0.4, -0.2) is 19.2 Å². The van der Waals surface area contributed by atoms with Gasteiger partial charge in [-0.15, -0.1) is 0 Å². The number of benzene rings is 1. The molecule has 2 fully saturated rings. The maximum Gasteiger partial charge on any atom is 0.306 e. The van der Waals surface area contributed by atoms with Gasteiger partial charge >= 0.3 is 5.97 Å². The van der Waals surface area contributed by atoms with Gasteiger partial charge in [0.2, 0.25) is 0 Å². The maximum absolute atomic E-state index is 12.2. The van der Waals surface area contributed by atoms with Crippen LogP contribution >= 0.6 is 0 Å². The number of hydrogen-bond acceptors (Lipinski definition) is 3. The van der Waals surface area contributed by atoms with Crippen molar-refractivity contribution in [1.82, 2.24) is 0 Å². The van der Waals surface area contributed by atoms with E-state index in [1.165, 1.54) is 38.5 Å². The van der Waals surface area contributed by atoms with E-state index in [0.29, 0.717) is 6.42 Å². The van der Waals surface area contributed by atoms with Crippen molar-refractivity contribution in [3.63, 3.8) is 0 Å². The minimum atomic E-state index is -0.0456. The molecular weight excluding hydrogens is 324 g/mol. The van der Waals surface area contributed by atoms with Crippen molar-refractivity contribution in [3.8, 4) is 5.75 Å². The van der Waals surface area contributed by atoms with Crippen LogP contribution in [0.3, 0.4) is 0 Å². The van der Waals surface area contributed by atoms with E-state index >= 15 is 0 Å². The van der Waals surface area contributed by atoms with E-state index < -0.39 is 0 Å². The van der Waals surface area contributed by atoms with Gasteiger partial charge in [-0.1, -0.05) is 31.9 Å². The summed E-state index contributed by atoms with van der Waals surface area (Å²) in [6, 6.07) is 7.91. The van der Waals surface area contributed by atoms with E-state index in [9.17, 15) is 4.79 Å². The van der Waals surface area contributed by atoms with Gasteiger partial charge in [0.05, 0.1) is 7.11 Å². The number of carbonyl (C=O) groups is 1. The van der Waals surface area contributed by atoms with Crippen LogP contribution in [0.1, 0.15) is 70.3 Å². The highest BCUT2D eigenvalue weighted by atomic mass is 16.5. The zero-order valence-corrected chi connectivity index (χ0v) is 16.4. The van der Waals surface area contributed by atoms with Crippen LogP contribution in [0.5, 0.6) is 5.75 Å². The number of ether oxygens (including phenoxy) is 2. The van der Waals surface area contributed by atoms with E-state index in [4.69, 9.17) is 9.47 Å². The fourth-order valence-electron chi connectivity index (χ4n) is 4.72. The summed E-state index contributed by atoms with van der Waals surface area (Å²) >= 11 is 0. The van der Waals surface area contributed by atoms with Crippen LogP contribution in [0.25, 0.3) is 0 Å². The standard InChI is InChI=1S/C23H34O3/c1-17-3-8-19(9-4-17)20-10-14-22(15-11-20)26-23(24)16-7-18-5-12-21(25-2)13-6-18/h5-6,12-13,17,19-20,22H,3-4,7-11,14-16H2,1-2H3. The largest absolute Gasteiger partial charge is 0.497 e. The monoisotopic (exact) mass is 358 g/mol. The Labute approximate surface area is 158 Å². The van der Waals surface area contributed by atoms with Crippen molar-refractivity contribution in [2.24, 2.45) is 17.8 Å². The minimum absolute atomic E-state index is 0.0456. The fraction of sp³-hybridized carbons (Fsp3) is 0.696. The Morgan fingerprint density at radius 1 is 0.923 bits per heavy atom. The third kappa shape index (κ3) is 5.49. The third-order valence-electron chi connectivity index (χ3n) is 6.52. The molecule has 3 nitrogen and oxygen atoms in total. The molecule has 0 radical (unpaired) electrons. The van der Waals surface area contributed by atoms with Crippen LogP contribution in [-0.2, 0) is 16.0 Å². The molecule has 0 aliphatic heterocycles. The molecule has 2 aliphatic rings. The summed E-state index contributed by atoms with van der Waals surface area (Å²) in [5.41, 5.74) is 1.15. The van der Waals surface area contributed by atoms with Crippen molar-refractivity contribution < 1.29 is 14.3 Å². The van der Waals surface area contributed by atoms with Gasteiger partial charge < -0.3 is 9.47 Å². The molecule has 26 heavy (non-hydrogen) atoms. The Morgan fingerprint density at radius 3 is 2.08 bits per heavy atom. The van der Waals surface area contributed by atoms with Crippen molar-refractivity contribution in [2.75, 3.05) is 7.11 Å². The lowest BCUT2D eigenvalue weighted by atomic mass is 9.71. The lowest BCUT2D eigenvalue weighted by molar-refractivity contribution is -0.151. The van der Waals surface area contributed by atoms with Gasteiger partial charge in [0, 0.05) is 6.42 Å². The molecule has 3 rings (SSSR count). The molecular formula is C23H34O3. The average molecular weight is 359 g/mol. The minimum Gasteiger partial charge on any atom is -0.497 e. The zero-order chi connectivity index (χ0) is 18.4. The van der Waals surface area contributed by atoms with E-state index in [2.05, 4.69) is 6.92 Å². The summed E-state index contributed by atoms with van der Waals surface area (Å²) in [4.78, 5) is 12.2. The van der Waals surface area contributed by atoms with Crippen LogP contribution in [0.15, 0.2) is 24.3 Å². The molecule has 1 aromatic rings. The fourth-order valence-corrected chi connectivity index (χ4v) is 4.72. The maximum atomic E-state index is 12.2. The average Bonchev–Trinajstić information content (AvgIpc) is 2.68. The highest BCUT2D eigenvalue weighted by molar-refractivity contribution is 5.70. The second-order valence-corrected chi connectivity index (χ2v) is 8.39. The molecule has 0 saturated heterocycles. The second-order valence-electron chi connectivity index (χ2n) is 8.39. The number of carbonyl (C=O) groups excluding carboxylic acids is 1. The van der Waals surface area contributed by atoms with Crippen molar-refractivity contribution in [3.05, 3.63) is 29.8 Å². The Bertz CT molecular complexity index is 549. The first-order valence-corrected chi connectivity index (χ1v) is 10.5. The molecule has 0 spiro atoms. The zero-order valence-electron chi connectivity index (χ0n) is 16.4. The molecule has 3 heteroatoms. The summed E-state index contributed by atoms with van der Waals surface area (Å²) in [7, 11) is 1.66. The molecule has 144 valence electrons. The molecule has 0 heterocycles. The number of esters is 1. The first kappa shape index (κ1) is 19.3. The molecule has 0 amide bonds. The van der Waals surface area contributed by atoms with Crippen LogP contribution in [0, 0.1) is 17.8 Å². The predicted molar refractivity (Wildman–Crippen MR) is 104 cm³/mol. The van der Waals surface area contributed by atoms with E-state index in [1.54, 1.807) is 7.11 Å². The van der Waals surface area contributed by atoms with Crippen LogP contribution in [0.4, 0.5) is 0 Å². The SMILES string of the molecule is COc1ccc(CCC(=O)OC2CCC(C3CCC(C)CC3)CC2)cc1. The van der Waals surface area contributed by atoms with Gasteiger partial charge in [0.25, 0.3) is 0 Å². The van der Waals surface area contributed by atoms with Crippen molar-refractivity contribution in [1.29, 1.82) is 0 Å². The summed E-state index contributed by atoms with van der Waals surface area (Å²) in [5.74, 6) is 3.53. The highest BCUT2D eigenvalue weighted by Gasteiger charge is 2.31. The molecule has 2 aliphatic carbocycles. The summed E-state index contributed by atoms with van der Waals surface area (Å²) in [6.45, 7) is 2.39. The van der Waals surface area contributed by atoms with E-state index in [1.807, 2.05) is 24.3 Å². The number of methoxy groups -OCH3 is 1. The topological polar surface area (TPSA) is 35.5 Å². The molecule has 1 aromatic carbocycles. The Hall–Kier alpha value is -1.51. The normalized spacial score (nSPS) is 29.2. The molecule has 0 unspecified atom stereocenters. The highest BCUT2D eigenvalue weighted by Crippen LogP contribution is 2.40. The smallest absolute Gasteiger partial charge is 0.306 e. The molecule has 0 atom stereocenters. The van der Waals surface area contributed by atoms with Gasteiger partial charge in [0.15, 0.2) is 0 Å². The van der Waals surface area contributed by atoms with Gasteiger partial charge in [-0.3, -0.25) is 4.79 Å². The first-order valence-electron chi connectivity index (χ1n) is 10.5. The first-order chi connectivity index (χ1) is 12.6. The van der Waals surface area contributed by atoms with Gasteiger partial charge in [-0.25, -0.2) is 0 Å². The summed E-state index contributed by atoms with van der Waals surface area (Å²) in [6.07, 6.45) is 11.6. The lowest BCUT2D eigenvalue weighted by Crippen LogP contribution is -2.29. The third-order valence-corrected chi connectivity index (χ3v) is 6.52. The number of rotatable bonds is 6. The van der Waals surface area contributed by atoms with Gasteiger partial charge in [-0.05, 0) is 80.4 Å². The number of aryl methyl sites for hydroxylation is 1. The van der Waals surface area contributed by atoms with Crippen LogP contribution < -0.4 is 4.74 Å². The van der Waals surface area contributed by atoms with E-state index in [0.717, 1.165) is 48.3 Å². The van der Waals surface area contributed by atoms with Gasteiger partial charge in [-0.2, -0.15) is 0 Å². The molecule has 0 N–H and O–H groups in total. The second kappa shape index (κ2) is 9.43. The van der Waals surface area contributed by atoms with Crippen LogP contribution in [0.2, 0.25) is 0 Å². The van der Waals surface area contributed by atoms with Gasteiger partial charge in [0.1, 0.15) is 11.9 Å². The van der Waals surface area contributed by atoms with E-state index in [-0.39, 0.29) is 12.1 Å². The Balaban J connectivity index is 1.35. The Kier molecular flexibility index (Phi) is 6.99. The molecule has 0 aromatic heterocycles. The Morgan fingerprint density at radius 2 is 1.50 bits per heavy atom. The molecule has 2 saturated carbocycles. The predicted octanol–water partition coefficient (Wildman–Crippen LogP) is 5.56. The lowest BCUT2D eigenvalue weighted by Gasteiger charge is -2.37. The molecule has 0 bridgehead atoms. The van der Waals surface area contributed by atoms with Crippen molar-refractivity contribution in [2.45, 2.75) is 77.2 Å². The quantitative estimate of drug-likeness (QED) is 0.625. The summed E-state index contributed by atoms with van der Waals surface area (Å²) in [5, 5.41) is 0. The summed E-state index contributed by atoms with van der Waals surface area (Å²) < 4.78 is 10.9. The number of hydrogen-bond donors (Lipinski definition) is 0.